The highest BCUT2D eigenvalue weighted by molar-refractivity contribution is 5.88. The zero-order valence-electron chi connectivity index (χ0n) is 12.2. The van der Waals surface area contributed by atoms with Crippen molar-refractivity contribution in [2.24, 2.45) is 0 Å². The Morgan fingerprint density at radius 3 is 2.86 bits per heavy atom. The predicted molar refractivity (Wildman–Crippen MR) is 81.7 cm³/mol. The number of anilines is 1. The van der Waals surface area contributed by atoms with Gasteiger partial charge in [-0.2, -0.15) is 0 Å². The van der Waals surface area contributed by atoms with E-state index in [4.69, 9.17) is 4.52 Å². The molecule has 0 bridgehead atoms. The van der Waals surface area contributed by atoms with Crippen molar-refractivity contribution in [3.63, 3.8) is 0 Å². The van der Waals surface area contributed by atoms with Crippen LogP contribution in [0.15, 0.2) is 41.1 Å². The van der Waals surface area contributed by atoms with Crippen molar-refractivity contribution in [2.75, 3.05) is 11.9 Å². The largest absolute Gasteiger partial charge is 0.508 e. The number of phenolic OH excluding ortho intramolecular Hbond substituents is 1. The summed E-state index contributed by atoms with van der Waals surface area (Å²) in [4.78, 5) is 14.3. The zero-order chi connectivity index (χ0) is 15.4. The number of hydrogen-bond donors (Lipinski definition) is 2. The molecule has 6 heteroatoms. The standard InChI is InChI=1S/C16H19N3O3/c20-14-6-4-12(5-7-14)11-13-3-1-2-9-19(13)16(21)17-15-8-10-22-18-15/h4-8,10,13,20H,1-3,9,11H2,(H,17,18,21). The third-order valence-corrected chi connectivity index (χ3v) is 3.97. The monoisotopic (exact) mass is 301 g/mol. The first-order valence-electron chi connectivity index (χ1n) is 7.48. The highest BCUT2D eigenvalue weighted by Crippen LogP contribution is 2.22. The van der Waals surface area contributed by atoms with Gasteiger partial charge >= 0.3 is 6.03 Å². The molecule has 1 unspecified atom stereocenters. The third kappa shape index (κ3) is 3.39. The molecule has 2 aromatic rings. The number of aromatic hydroxyl groups is 1. The Bertz CT molecular complexity index is 610. The van der Waals surface area contributed by atoms with Crippen LogP contribution in [0.4, 0.5) is 10.6 Å². The van der Waals surface area contributed by atoms with Gasteiger partial charge in [-0.25, -0.2) is 4.79 Å². The number of amides is 2. The van der Waals surface area contributed by atoms with Crippen LogP contribution >= 0.6 is 0 Å². The number of benzene rings is 1. The van der Waals surface area contributed by atoms with Crippen LogP contribution in [-0.2, 0) is 6.42 Å². The van der Waals surface area contributed by atoms with Crippen LogP contribution in [-0.4, -0.2) is 33.8 Å². The van der Waals surface area contributed by atoms with Crippen molar-refractivity contribution in [3.05, 3.63) is 42.2 Å². The van der Waals surface area contributed by atoms with E-state index in [9.17, 15) is 9.90 Å². The van der Waals surface area contributed by atoms with Gasteiger partial charge < -0.3 is 14.5 Å². The van der Waals surface area contributed by atoms with E-state index >= 15 is 0 Å². The van der Waals surface area contributed by atoms with Gasteiger partial charge in [0.15, 0.2) is 5.82 Å². The van der Waals surface area contributed by atoms with Crippen LogP contribution < -0.4 is 5.32 Å². The lowest BCUT2D eigenvalue weighted by atomic mass is 9.96. The molecule has 1 fully saturated rings. The number of carbonyl (C=O) groups excluding carboxylic acids is 1. The van der Waals surface area contributed by atoms with Crippen LogP contribution in [0.3, 0.4) is 0 Å². The summed E-state index contributed by atoms with van der Waals surface area (Å²) in [6.45, 7) is 0.742. The number of hydrogen-bond acceptors (Lipinski definition) is 4. The van der Waals surface area contributed by atoms with Crippen molar-refractivity contribution < 1.29 is 14.4 Å². The minimum Gasteiger partial charge on any atom is -0.508 e. The normalized spacial score (nSPS) is 18.2. The van der Waals surface area contributed by atoms with E-state index in [-0.39, 0.29) is 17.8 Å². The Hall–Kier alpha value is -2.50. The van der Waals surface area contributed by atoms with Crippen LogP contribution in [0.5, 0.6) is 5.75 Å². The number of piperidine rings is 1. The Morgan fingerprint density at radius 1 is 1.32 bits per heavy atom. The van der Waals surface area contributed by atoms with E-state index < -0.39 is 0 Å². The molecule has 2 N–H and O–H groups in total. The fourth-order valence-corrected chi connectivity index (χ4v) is 2.84. The van der Waals surface area contributed by atoms with Gasteiger partial charge in [-0.15, -0.1) is 0 Å². The van der Waals surface area contributed by atoms with Gasteiger partial charge in [-0.1, -0.05) is 17.3 Å². The molecule has 1 aromatic heterocycles. The van der Waals surface area contributed by atoms with Crippen molar-refractivity contribution in [1.82, 2.24) is 10.1 Å². The third-order valence-electron chi connectivity index (χ3n) is 3.97. The smallest absolute Gasteiger partial charge is 0.323 e. The Labute approximate surface area is 128 Å². The molecular weight excluding hydrogens is 282 g/mol. The molecule has 1 atom stereocenters. The van der Waals surface area contributed by atoms with Crippen molar-refractivity contribution >= 4 is 11.8 Å². The lowest BCUT2D eigenvalue weighted by Crippen LogP contribution is -2.46. The molecular formula is C16H19N3O3. The fraction of sp³-hybridized carbons (Fsp3) is 0.375. The molecule has 2 amide bonds. The molecule has 0 saturated carbocycles. The zero-order valence-corrected chi connectivity index (χ0v) is 12.2. The van der Waals surface area contributed by atoms with Crippen LogP contribution in [0.2, 0.25) is 0 Å². The number of nitrogens with zero attached hydrogens (tertiary/aromatic N) is 2. The first kappa shape index (κ1) is 14.4. The van der Waals surface area contributed by atoms with Gasteiger partial charge in [0.25, 0.3) is 0 Å². The molecule has 0 radical (unpaired) electrons. The molecule has 6 nitrogen and oxygen atoms in total. The lowest BCUT2D eigenvalue weighted by molar-refractivity contribution is 0.162. The molecule has 22 heavy (non-hydrogen) atoms. The highest BCUT2D eigenvalue weighted by atomic mass is 16.5. The van der Waals surface area contributed by atoms with Gasteiger partial charge in [-0.05, 0) is 43.4 Å². The number of urea groups is 1. The van der Waals surface area contributed by atoms with Crippen molar-refractivity contribution in [1.29, 1.82) is 0 Å². The maximum Gasteiger partial charge on any atom is 0.323 e. The van der Waals surface area contributed by atoms with Gasteiger partial charge in [0, 0.05) is 18.7 Å². The predicted octanol–water partition coefficient (Wildman–Crippen LogP) is 3.01. The maximum atomic E-state index is 12.4. The van der Waals surface area contributed by atoms with Gasteiger partial charge in [0.05, 0.1) is 0 Å². The Kier molecular flexibility index (Phi) is 4.27. The molecule has 116 valence electrons. The van der Waals surface area contributed by atoms with E-state index in [2.05, 4.69) is 10.5 Å². The summed E-state index contributed by atoms with van der Waals surface area (Å²) in [5, 5.41) is 15.8. The number of carbonyl (C=O) groups is 1. The van der Waals surface area contributed by atoms with Crippen molar-refractivity contribution in [3.8, 4) is 5.75 Å². The first-order chi connectivity index (χ1) is 10.7. The van der Waals surface area contributed by atoms with Crippen LogP contribution in [0.1, 0.15) is 24.8 Å². The average Bonchev–Trinajstić information content (AvgIpc) is 3.03. The molecule has 2 heterocycles. The number of phenols is 1. The van der Waals surface area contributed by atoms with E-state index in [1.807, 2.05) is 17.0 Å². The maximum absolute atomic E-state index is 12.4. The molecule has 0 spiro atoms. The molecule has 1 aliphatic rings. The van der Waals surface area contributed by atoms with Crippen LogP contribution in [0.25, 0.3) is 0 Å². The van der Waals surface area contributed by atoms with E-state index in [1.54, 1.807) is 18.2 Å². The van der Waals surface area contributed by atoms with E-state index in [1.165, 1.54) is 6.26 Å². The second-order valence-electron chi connectivity index (χ2n) is 5.53. The highest BCUT2D eigenvalue weighted by Gasteiger charge is 2.27. The second kappa shape index (κ2) is 6.51. The minimum absolute atomic E-state index is 0.141. The Morgan fingerprint density at radius 2 is 2.14 bits per heavy atom. The van der Waals surface area contributed by atoms with Gasteiger partial charge in [0.1, 0.15) is 12.0 Å². The van der Waals surface area contributed by atoms with Gasteiger partial charge in [0.2, 0.25) is 0 Å². The fourth-order valence-electron chi connectivity index (χ4n) is 2.84. The Balaban J connectivity index is 1.67. The summed E-state index contributed by atoms with van der Waals surface area (Å²) >= 11 is 0. The molecule has 1 saturated heterocycles. The summed E-state index contributed by atoms with van der Waals surface area (Å²) in [6.07, 6.45) is 5.33. The molecule has 0 aliphatic carbocycles. The van der Waals surface area contributed by atoms with E-state index in [0.29, 0.717) is 5.82 Å². The SMILES string of the molecule is O=C(Nc1ccon1)N1CCCCC1Cc1ccc(O)cc1. The van der Waals surface area contributed by atoms with Crippen molar-refractivity contribution in [2.45, 2.75) is 31.7 Å². The topological polar surface area (TPSA) is 78.6 Å². The first-order valence-corrected chi connectivity index (χ1v) is 7.48. The number of aromatic nitrogens is 1. The van der Waals surface area contributed by atoms with Crippen LogP contribution in [0, 0.1) is 0 Å². The minimum atomic E-state index is -0.141. The summed E-state index contributed by atoms with van der Waals surface area (Å²) in [5.74, 6) is 0.687. The number of rotatable bonds is 3. The lowest BCUT2D eigenvalue weighted by Gasteiger charge is -2.35. The summed E-state index contributed by atoms with van der Waals surface area (Å²) < 4.78 is 4.73. The molecule has 1 aliphatic heterocycles. The van der Waals surface area contributed by atoms with Gasteiger partial charge in [-0.3, -0.25) is 5.32 Å². The molecule has 1 aromatic carbocycles. The number of nitrogens with one attached hydrogen (secondary N) is 1. The second-order valence-corrected chi connectivity index (χ2v) is 5.53. The average molecular weight is 301 g/mol. The summed E-state index contributed by atoms with van der Waals surface area (Å²) in [6, 6.07) is 8.80. The summed E-state index contributed by atoms with van der Waals surface area (Å²) in [7, 11) is 0. The summed E-state index contributed by atoms with van der Waals surface area (Å²) in [5.41, 5.74) is 1.11. The van der Waals surface area contributed by atoms with E-state index in [0.717, 1.165) is 37.8 Å². The number of likely N-dealkylation sites (tertiary alicyclic amines) is 1. The quantitative estimate of drug-likeness (QED) is 0.913. The molecule has 3 rings (SSSR count).